The van der Waals surface area contributed by atoms with E-state index in [1.54, 1.807) is 45.0 Å². The van der Waals surface area contributed by atoms with Gasteiger partial charge in [0.15, 0.2) is 0 Å². The summed E-state index contributed by atoms with van der Waals surface area (Å²) in [5, 5.41) is 2.84. The molecule has 4 nitrogen and oxygen atoms in total. The van der Waals surface area contributed by atoms with Gasteiger partial charge in [0, 0.05) is 23.6 Å². The van der Waals surface area contributed by atoms with E-state index in [0.29, 0.717) is 11.3 Å². The van der Waals surface area contributed by atoms with Gasteiger partial charge in [0.05, 0.1) is 10.7 Å². The number of rotatable bonds is 7. The highest BCUT2D eigenvalue weighted by Crippen LogP contribution is 2.24. The number of nitrogens with zero attached hydrogens (tertiary/aromatic N) is 2. The number of thiazole rings is 1. The molecule has 29 heavy (non-hydrogen) atoms. The first-order valence-corrected chi connectivity index (χ1v) is 9.97. The highest BCUT2D eigenvalue weighted by atomic mass is 32.1. The fraction of sp³-hybridized carbons (Fsp3) is 0.429. The molecular weight excluding hydrogens is 401 g/mol. The van der Waals surface area contributed by atoms with E-state index in [1.165, 1.54) is 17.4 Å². The zero-order chi connectivity index (χ0) is 21.7. The first-order chi connectivity index (χ1) is 13.4. The van der Waals surface area contributed by atoms with E-state index in [4.69, 9.17) is 4.74 Å². The second kappa shape index (κ2) is 9.43. The topological polar surface area (TPSA) is 42.4 Å². The molecule has 0 unspecified atom stereocenters. The lowest BCUT2D eigenvalue weighted by Crippen LogP contribution is -2.42. The number of alkyl halides is 3. The summed E-state index contributed by atoms with van der Waals surface area (Å²) in [5.41, 5.74) is 0.945. The average molecular weight is 427 g/mol. The number of hydrogen-bond acceptors (Lipinski definition) is 4. The lowest BCUT2D eigenvalue weighted by molar-refractivity contribution is -0.160. The van der Waals surface area contributed by atoms with Gasteiger partial charge in [-0.05, 0) is 24.5 Å². The van der Waals surface area contributed by atoms with Crippen LogP contribution >= 0.6 is 11.3 Å². The molecule has 0 aliphatic carbocycles. The van der Waals surface area contributed by atoms with Crippen molar-refractivity contribution in [3.05, 3.63) is 52.0 Å². The summed E-state index contributed by atoms with van der Waals surface area (Å²) in [5.74, 6) is -0.164. The first-order valence-electron chi connectivity index (χ1n) is 9.09. The van der Waals surface area contributed by atoms with E-state index < -0.39 is 24.0 Å². The number of halogens is 3. The highest BCUT2D eigenvalue weighted by molar-refractivity contribution is 7.09. The second-order valence-corrected chi connectivity index (χ2v) is 8.95. The van der Waals surface area contributed by atoms with Crippen molar-refractivity contribution >= 4 is 23.3 Å². The molecule has 1 aromatic heterocycles. The molecule has 0 spiro atoms. The van der Waals surface area contributed by atoms with E-state index in [9.17, 15) is 18.0 Å². The lowest BCUT2D eigenvalue weighted by atomic mass is 9.96. The molecule has 2 rings (SSSR count). The number of aryl methyl sites for hydroxylation is 1. The zero-order valence-corrected chi connectivity index (χ0v) is 17.7. The molecule has 0 N–H and O–H groups in total. The monoisotopic (exact) mass is 426 g/mol. The van der Waals surface area contributed by atoms with Gasteiger partial charge in [-0.15, -0.1) is 11.3 Å². The van der Waals surface area contributed by atoms with Crippen LogP contribution in [0.25, 0.3) is 6.08 Å². The van der Waals surface area contributed by atoms with E-state index in [2.05, 4.69) is 4.98 Å². The van der Waals surface area contributed by atoms with Crippen molar-refractivity contribution in [2.24, 2.45) is 5.41 Å². The van der Waals surface area contributed by atoms with E-state index >= 15 is 0 Å². The van der Waals surface area contributed by atoms with Crippen LogP contribution in [0.1, 0.15) is 37.0 Å². The summed E-state index contributed by atoms with van der Waals surface area (Å²) >= 11 is 1.52. The second-order valence-electron chi connectivity index (χ2n) is 7.89. The summed E-state index contributed by atoms with van der Waals surface area (Å²) in [6, 6.07) is 7.04. The highest BCUT2D eigenvalue weighted by Gasteiger charge is 2.34. The number of hydrogen-bond donors (Lipinski definition) is 0. The molecule has 0 fully saturated rings. The van der Waals surface area contributed by atoms with Crippen molar-refractivity contribution in [1.82, 2.24) is 9.88 Å². The lowest BCUT2D eigenvalue weighted by Gasteiger charge is -2.29. The number of amides is 1. The molecule has 0 saturated heterocycles. The molecule has 158 valence electrons. The summed E-state index contributed by atoms with van der Waals surface area (Å²) in [7, 11) is 0. The maximum absolute atomic E-state index is 12.9. The van der Waals surface area contributed by atoms with Crippen LogP contribution in [0.5, 0.6) is 5.75 Å². The first kappa shape index (κ1) is 22.9. The predicted molar refractivity (Wildman–Crippen MR) is 109 cm³/mol. The molecule has 0 saturated carbocycles. The molecule has 0 aliphatic rings. The Morgan fingerprint density at radius 1 is 1.21 bits per heavy atom. The molecule has 0 atom stereocenters. The molecule has 0 radical (unpaired) electrons. The van der Waals surface area contributed by atoms with E-state index in [0.717, 1.165) is 21.7 Å². The van der Waals surface area contributed by atoms with Gasteiger partial charge in [0.2, 0.25) is 5.91 Å². The van der Waals surface area contributed by atoms with Crippen molar-refractivity contribution < 1.29 is 22.7 Å². The van der Waals surface area contributed by atoms with Gasteiger partial charge in [0.25, 0.3) is 0 Å². The van der Waals surface area contributed by atoms with Crippen LogP contribution in [0.3, 0.4) is 0 Å². The molecule has 1 amide bonds. The molecule has 1 heterocycles. The van der Waals surface area contributed by atoms with Crippen LogP contribution < -0.4 is 4.74 Å². The Hall–Kier alpha value is -2.35. The maximum atomic E-state index is 12.9. The van der Waals surface area contributed by atoms with Gasteiger partial charge < -0.3 is 9.64 Å². The predicted octanol–water partition coefficient (Wildman–Crippen LogP) is 5.48. The maximum Gasteiger partial charge on any atom is 0.406 e. The third kappa shape index (κ3) is 8.27. The summed E-state index contributed by atoms with van der Waals surface area (Å²) in [6.45, 7) is 6.25. The smallest absolute Gasteiger partial charge is 0.406 e. The van der Waals surface area contributed by atoms with Crippen molar-refractivity contribution in [3.8, 4) is 5.75 Å². The standard InChI is InChI=1S/C21H25F3N2O2S/c1-15-25-17(12-29-15)11-28-18-8-6-5-7-16(18)9-10-19(27)26(13-20(2,3)4)14-21(22,23)24/h5-10,12H,11,13-14H2,1-4H3/b10-9+. The number of benzene rings is 1. The van der Waals surface area contributed by atoms with Gasteiger partial charge in [-0.1, -0.05) is 39.0 Å². The minimum atomic E-state index is -4.46. The van der Waals surface area contributed by atoms with Crippen LogP contribution in [0.2, 0.25) is 0 Å². The largest absolute Gasteiger partial charge is 0.487 e. The number of carbonyl (C=O) groups excluding carboxylic acids is 1. The Labute approximate surface area is 173 Å². The van der Waals surface area contributed by atoms with Crippen LogP contribution in [0.15, 0.2) is 35.7 Å². The minimum Gasteiger partial charge on any atom is -0.487 e. The van der Waals surface area contributed by atoms with Crippen LogP contribution in [-0.2, 0) is 11.4 Å². The minimum absolute atomic E-state index is 0.00297. The third-order valence-electron chi connectivity index (χ3n) is 3.71. The van der Waals surface area contributed by atoms with Gasteiger partial charge in [-0.3, -0.25) is 4.79 Å². The van der Waals surface area contributed by atoms with Gasteiger partial charge in [0.1, 0.15) is 18.9 Å². The molecular formula is C21H25F3N2O2S. The fourth-order valence-electron chi connectivity index (χ4n) is 2.64. The molecule has 0 bridgehead atoms. The Morgan fingerprint density at radius 3 is 2.48 bits per heavy atom. The number of ether oxygens (including phenoxy) is 1. The van der Waals surface area contributed by atoms with Gasteiger partial charge in [-0.25, -0.2) is 4.98 Å². The Balaban J connectivity index is 2.12. The molecule has 8 heteroatoms. The number of aromatic nitrogens is 1. The number of para-hydroxylation sites is 1. The summed E-state index contributed by atoms with van der Waals surface area (Å²) in [4.78, 5) is 17.6. The average Bonchev–Trinajstić information content (AvgIpc) is 3.01. The van der Waals surface area contributed by atoms with Crippen LogP contribution in [0, 0.1) is 12.3 Å². The van der Waals surface area contributed by atoms with Crippen molar-refractivity contribution in [3.63, 3.8) is 0 Å². The Kier molecular flexibility index (Phi) is 7.46. The quantitative estimate of drug-likeness (QED) is 0.551. The van der Waals surface area contributed by atoms with Crippen LogP contribution in [-0.4, -0.2) is 35.1 Å². The fourth-order valence-corrected chi connectivity index (χ4v) is 3.24. The Bertz CT molecular complexity index is 838. The van der Waals surface area contributed by atoms with Crippen molar-refractivity contribution in [1.29, 1.82) is 0 Å². The van der Waals surface area contributed by atoms with Gasteiger partial charge in [-0.2, -0.15) is 13.2 Å². The zero-order valence-electron chi connectivity index (χ0n) is 16.9. The van der Waals surface area contributed by atoms with E-state index in [-0.39, 0.29) is 13.2 Å². The van der Waals surface area contributed by atoms with Crippen molar-refractivity contribution in [2.75, 3.05) is 13.1 Å². The van der Waals surface area contributed by atoms with Crippen molar-refractivity contribution in [2.45, 2.75) is 40.5 Å². The van der Waals surface area contributed by atoms with Gasteiger partial charge >= 0.3 is 6.18 Å². The summed E-state index contributed by atoms with van der Waals surface area (Å²) < 4.78 is 44.4. The number of carbonyl (C=O) groups is 1. The van der Waals surface area contributed by atoms with E-state index in [1.807, 2.05) is 12.3 Å². The molecule has 1 aromatic carbocycles. The Morgan fingerprint density at radius 2 is 1.90 bits per heavy atom. The third-order valence-corrected chi connectivity index (χ3v) is 4.54. The SMILES string of the molecule is Cc1nc(COc2ccccc2/C=C/C(=O)N(CC(C)(C)C)CC(F)(F)F)cs1. The summed E-state index contributed by atoms with van der Waals surface area (Å²) in [6.07, 6.45) is -1.82. The van der Waals surface area contributed by atoms with Crippen LogP contribution in [0.4, 0.5) is 13.2 Å². The normalized spacial score (nSPS) is 12.4. The molecule has 0 aliphatic heterocycles. The molecule has 2 aromatic rings.